The number of likely N-dealkylation sites (tertiary alicyclic amines) is 1. The van der Waals surface area contributed by atoms with Gasteiger partial charge in [0, 0.05) is 39.3 Å². The van der Waals surface area contributed by atoms with Crippen LogP contribution in [0.5, 0.6) is 0 Å². The van der Waals surface area contributed by atoms with Gasteiger partial charge >= 0.3 is 0 Å². The van der Waals surface area contributed by atoms with Crippen LogP contribution in [-0.2, 0) is 15.0 Å². The van der Waals surface area contributed by atoms with Crippen molar-refractivity contribution >= 4 is 11.8 Å². The molecule has 2 heterocycles. The molecule has 0 N–H and O–H groups in total. The van der Waals surface area contributed by atoms with Gasteiger partial charge < -0.3 is 14.7 Å². The number of nitrogens with zero attached hydrogens (tertiary/aromatic N) is 3. The average molecular weight is 343 g/mol. The number of aryl methyl sites for hydroxylation is 1. The van der Waals surface area contributed by atoms with Crippen molar-refractivity contribution in [2.45, 2.75) is 26.2 Å². The Hall–Kier alpha value is -1.88. The van der Waals surface area contributed by atoms with Crippen molar-refractivity contribution in [1.29, 1.82) is 0 Å². The molecule has 0 saturated carbocycles. The molecule has 2 saturated heterocycles. The largest absolute Gasteiger partial charge is 0.340 e. The Morgan fingerprint density at radius 2 is 1.52 bits per heavy atom. The Labute approximate surface area is 150 Å². The SMILES string of the molecule is Cc1ccc(C(C)(C)C(=O)N2CC(C(=O)N3CCN(C)CC3)C2)cc1. The van der Waals surface area contributed by atoms with Gasteiger partial charge in [0.1, 0.15) is 0 Å². The Bertz CT molecular complexity index is 639. The molecule has 2 fully saturated rings. The average Bonchev–Trinajstić information content (AvgIpc) is 2.54. The zero-order valence-corrected chi connectivity index (χ0v) is 15.8. The van der Waals surface area contributed by atoms with Crippen LogP contribution in [0.3, 0.4) is 0 Å². The topological polar surface area (TPSA) is 43.9 Å². The normalized spacial score (nSPS) is 19.7. The number of piperazine rings is 1. The number of carbonyl (C=O) groups excluding carboxylic acids is 2. The fraction of sp³-hybridized carbons (Fsp3) is 0.600. The highest BCUT2D eigenvalue weighted by Crippen LogP contribution is 2.30. The number of amides is 2. The summed E-state index contributed by atoms with van der Waals surface area (Å²) in [5.74, 6) is 0.297. The summed E-state index contributed by atoms with van der Waals surface area (Å²) in [7, 11) is 2.08. The van der Waals surface area contributed by atoms with Crippen molar-refractivity contribution in [3.8, 4) is 0 Å². The number of hydrogen-bond acceptors (Lipinski definition) is 3. The molecule has 2 amide bonds. The van der Waals surface area contributed by atoms with Gasteiger partial charge in [-0.25, -0.2) is 0 Å². The van der Waals surface area contributed by atoms with E-state index in [1.807, 2.05) is 54.8 Å². The van der Waals surface area contributed by atoms with Crippen molar-refractivity contribution in [3.05, 3.63) is 35.4 Å². The van der Waals surface area contributed by atoms with Gasteiger partial charge in [-0.15, -0.1) is 0 Å². The van der Waals surface area contributed by atoms with Crippen LogP contribution in [0.4, 0.5) is 0 Å². The summed E-state index contributed by atoms with van der Waals surface area (Å²) in [6.07, 6.45) is 0. The van der Waals surface area contributed by atoms with E-state index in [2.05, 4.69) is 11.9 Å². The predicted octanol–water partition coefficient (Wildman–Crippen LogP) is 1.51. The summed E-state index contributed by atoms with van der Waals surface area (Å²) in [4.78, 5) is 31.5. The highest BCUT2D eigenvalue weighted by molar-refractivity contribution is 5.90. The molecule has 0 bridgehead atoms. The van der Waals surface area contributed by atoms with Gasteiger partial charge in [0.15, 0.2) is 0 Å². The lowest BCUT2D eigenvalue weighted by molar-refractivity contribution is -0.152. The molecule has 0 aliphatic carbocycles. The lowest BCUT2D eigenvalue weighted by Crippen LogP contribution is -2.61. The predicted molar refractivity (Wildman–Crippen MR) is 98.4 cm³/mol. The first-order valence-electron chi connectivity index (χ1n) is 9.13. The second-order valence-corrected chi connectivity index (χ2v) is 8.03. The maximum absolute atomic E-state index is 12.9. The van der Waals surface area contributed by atoms with Gasteiger partial charge in [0.25, 0.3) is 0 Å². The first-order chi connectivity index (χ1) is 11.8. The van der Waals surface area contributed by atoms with Gasteiger partial charge in [-0.3, -0.25) is 9.59 Å². The summed E-state index contributed by atoms with van der Waals surface area (Å²) >= 11 is 0. The number of likely N-dealkylation sites (N-methyl/N-ethyl adjacent to an activating group) is 1. The van der Waals surface area contributed by atoms with Crippen LogP contribution in [-0.4, -0.2) is 72.8 Å². The molecule has 1 aromatic rings. The highest BCUT2D eigenvalue weighted by atomic mass is 16.2. The van der Waals surface area contributed by atoms with Crippen LogP contribution in [0.15, 0.2) is 24.3 Å². The van der Waals surface area contributed by atoms with E-state index in [0.717, 1.165) is 31.7 Å². The van der Waals surface area contributed by atoms with Crippen LogP contribution in [0, 0.1) is 12.8 Å². The molecular weight excluding hydrogens is 314 g/mol. The highest BCUT2D eigenvalue weighted by Gasteiger charge is 2.43. The molecule has 0 atom stereocenters. The van der Waals surface area contributed by atoms with Crippen molar-refractivity contribution in [2.75, 3.05) is 46.3 Å². The van der Waals surface area contributed by atoms with Crippen molar-refractivity contribution < 1.29 is 9.59 Å². The second-order valence-electron chi connectivity index (χ2n) is 8.03. The van der Waals surface area contributed by atoms with Crippen LogP contribution < -0.4 is 0 Å². The Balaban J connectivity index is 1.57. The van der Waals surface area contributed by atoms with Gasteiger partial charge in [0.05, 0.1) is 11.3 Å². The molecule has 2 aliphatic heterocycles. The van der Waals surface area contributed by atoms with Gasteiger partial charge in [-0.05, 0) is 33.4 Å². The third-order valence-electron chi connectivity index (χ3n) is 5.64. The fourth-order valence-corrected chi connectivity index (χ4v) is 3.57. The van der Waals surface area contributed by atoms with Gasteiger partial charge in [0.2, 0.25) is 11.8 Å². The van der Waals surface area contributed by atoms with Crippen LogP contribution in [0.25, 0.3) is 0 Å². The van der Waals surface area contributed by atoms with E-state index in [4.69, 9.17) is 0 Å². The van der Waals surface area contributed by atoms with E-state index < -0.39 is 5.41 Å². The lowest BCUT2D eigenvalue weighted by atomic mass is 9.81. The lowest BCUT2D eigenvalue weighted by Gasteiger charge is -2.45. The first kappa shape index (κ1) is 17.9. The third-order valence-corrected chi connectivity index (χ3v) is 5.64. The maximum atomic E-state index is 12.9. The van der Waals surface area contributed by atoms with E-state index in [-0.39, 0.29) is 17.7 Å². The molecular formula is C20H29N3O2. The van der Waals surface area contributed by atoms with Gasteiger partial charge in [-0.2, -0.15) is 0 Å². The monoisotopic (exact) mass is 343 g/mol. The smallest absolute Gasteiger partial charge is 0.232 e. The number of benzene rings is 1. The van der Waals surface area contributed by atoms with Crippen LogP contribution >= 0.6 is 0 Å². The molecule has 3 rings (SSSR count). The zero-order chi connectivity index (χ0) is 18.2. The van der Waals surface area contributed by atoms with Crippen LogP contribution in [0.1, 0.15) is 25.0 Å². The third kappa shape index (κ3) is 3.56. The molecule has 25 heavy (non-hydrogen) atoms. The standard InChI is InChI=1S/C20H29N3O2/c1-15-5-7-17(8-6-15)20(2,3)19(25)23-13-16(14-23)18(24)22-11-9-21(4)10-12-22/h5-8,16H,9-14H2,1-4H3. The van der Waals surface area contributed by atoms with E-state index in [1.54, 1.807) is 0 Å². The summed E-state index contributed by atoms with van der Waals surface area (Å²) in [5.41, 5.74) is 1.65. The summed E-state index contributed by atoms with van der Waals surface area (Å²) in [6.45, 7) is 10.6. The van der Waals surface area contributed by atoms with E-state index in [9.17, 15) is 9.59 Å². The maximum Gasteiger partial charge on any atom is 0.232 e. The Morgan fingerprint density at radius 1 is 0.960 bits per heavy atom. The van der Waals surface area contributed by atoms with E-state index in [1.165, 1.54) is 5.56 Å². The number of rotatable bonds is 3. The van der Waals surface area contributed by atoms with E-state index in [0.29, 0.717) is 13.1 Å². The number of hydrogen-bond donors (Lipinski definition) is 0. The van der Waals surface area contributed by atoms with Crippen molar-refractivity contribution in [3.63, 3.8) is 0 Å². The minimum Gasteiger partial charge on any atom is -0.340 e. The zero-order valence-electron chi connectivity index (χ0n) is 15.8. The minimum atomic E-state index is -0.560. The molecule has 0 spiro atoms. The molecule has 0 radical (unpaired) electrons. The molecule has 2 aliphatic rings. The summed E-state index contributed by atoms with van der Waals surface area (Å²) < 4.78 is 0. The first-order valence-corrected chi connectivity index (χ1v) is 9.13. The second kappa shape index (κ2) is 6.79. The van der Waals surface area contributed by atoms with E-state index >= 15 is 0 Å². The minimum absolute atomic E-state index is 0.0267. The van der Waals surface area contributed by atoms with Crippen molar-refractivity contribution in [1.82, 2.24) is 14.7 Å². The quantitative estimate of drug-likeness (QED) is 0.835. The Kier molecular flexibility index (Phi) is 4.87. The van der Waals surface area contributed by atoms with Gasteiger partial charge in [-0.1, -0.05) is 29.8 Å². The fourth-order valence-electron chi connectivity index (χ4n) is 3.57. The molecule has 5 nitrogen and oxygen atoms in total. The summed E-state index contributed by atoms with van der Waals surface area (Å²) in [5, 5.41) is 0. The molecule has 0 aromatic heterocycles. The molecule has 1 aromatic carbocycles. The van der Waals surface area contributed by atoms with Crippen LogP contribution in [0.2, 0.25) is 0 Å². The molecule has 0 unspecified atom stereocenters. The number of carbonyl (C=O) groups is 2. The molecule has 136 valence electrons. The Morgan fingerprint density at radius 3 is 2.08 bits per heavy atom. The van der Waals surface area contributed by atoms with Crippen molar-refractivity contribution in [2.24, 2.45) is 5.92 Å². The molecule has 5 heteroatoms. The summed E-state index contributed by atoms with van der Waals surface area (Å²) in [6, 6.07) is 8.14.